The number of hydrogen-bond acceptors (Lipinski definition) is 4. The summed E-state index contributed by atoms with van der Waals surface area (Å²) >= 11 is 0. The molecule has 0 radical (unpaired) electrons. The SMILES string of the molecule is COc1ccc(-n2c(C)cc(C(=O)N3CCN(S(=O)(=O)c4cccc(F)c4)CC3)c2C)cc1. The molecule has 0 bridgehead atoms. The number of halogens is 1. The first-order valence-electron chi connectivity index (χ1n) is 10.6. The van der Waals surface area contributed by atoms with Crippen molar-refractivity contribution in [3.05, 3.63) is 77.4 Å². The molecule has 2 aromatic carbocycles. The minimum absolute atomic E-state index is 0.0784. The Morgan fingerprint density at radius 1 is 0.970 bits per heavy atom. The van der Waals surface area contributed by atoms with Crippen LogP contribution in [0.3, 0.4) is 0 Å². The smallest absolute Gasteiger partial charge is 0.255 e. The van der Waals surface area contributed by atoms with Crippen molar-refractivity contribution in [2.24, 2.45) is 0 Å². The Morgan fingerprint density at radius 2 is 1.64 bits per heavy atom. The van der Waals surface area contributed by atoms with Gasteiger partial charge in [0.15, 0.2) is 0 Å². The van der Waals surface area contributed by atoms with Crippen LogP contribution in [0.2, 0.25) is 0 Å². The lowest BCUT2D eigenvalue weighted by Crippen LogP contribution is -2.50. The predicted octanol–water partition coefficient (Wildman–Crippen LogP) is 3.39. The van der Waals surface area contributed by atoms with Crippen LogP contribution in [-0.2, 0) is 10.0 Å². The van der Waals surface area contributed by atoms with E-state index in [1.54, 1.807) is 12.0 Å². The number of amides is 1. The van der Waals surface area contributed by atoms with Crippen molar-refractivity contribution in [1.29, 1.82) is 0 Å². The molecule has 33 heavy (non-hydrogen) atoms. The Bertz CT molecular complexity index is 1280. The lowest BCUT2D eigenvalue weighted by Gasteiger charge is -2.34. The molecule has 0 unspecified atom stereocenters. The van der Waals surface area contributed by atoms with E-state index in [1.807, 2.05) is 48.7 Å². The van der Waals surface area contributed by atoms with E-state index in [-0.39, 0.29) is 37.0 Å². The molecule has 1 fully saturated rings. The van der Waals surface area contributed by atoms with Crippen molar-refractivity contribution in [1.82, 2.24) is 13.8 Å². The molecule has 0 spiro atoms. The average Bonchev–Trinajstić information content (AvgIpc) is 3.12. The van der Waals surface area contributed by atoms with Crippen LogP contribution in [0.25, 0.3) is 5.69 Å². The van der Waals surface area contributed by atoms with E-state index < -0.39 is 15.8 Å². The number of benzene rings is 2. The second-order valence-electron chi connectivity index (χ2n) is 7.97. The van der Waals surface area contributed by atoms with Crippen molar-refractivity contribution < 1.29 is 22.3 Å². The molecule has 1 aliphatic rings. The number of rotatable bonds is 5. The van der Waals surface area contributed by atoms with Crippen LogP contribution in [0.1, 0.15) is 21.7 Å². The normalized spacial score (nSPS) is 15.0. The first-order valence-corrected chi connectivity index (χ1v) is 12.0. The maximum atomic E-state index is 13.5. The molecule has 7 nitrogen and oxygen atoms in total. The minimum atomic E-state index is -3.81. The van der Waals surface area contributed by atoms with Gasteiger partial charge >= 0.3 is 0 Å². The lowest BCUT2D eigenvalue weighted by atomic mass is 10.2. The van der Waals surface area contributed by atoms with E-state index in [4.69, 9.17) is 4.74 Å². The fourth-order valence-corrected chi connectivity index (χ4v) is 5.64. The third-order valence-electron chi connectivity index (χ3n) is 5.95. The van der Waals surface area contributed by atoms with Gasteiger partial charge in [0.25, 0.3) is 5.91 Å². The number of piperazine rings is 1. The van der Waals surface area contributed by atoms with Crippen molar-refractivity contribution >= 4 is 15.9 Å². The Labute approximate surface area is 193 Å². The topological polar surface area (TPSA) is 71.8 Å². The number of carbonyl (C=O) groups is 1. The third-order valence-corrected chi connectivity index (χ3v) is 7.85. The molecule has 0 N–H and O–H groups in total. The van der Waals surface area contributed by atoms with E-state index in [0.717, 1.165) is 28.9 Å². The van der Waals surface area contributed by atoms with Gasteiger partial charge in [-0.15, -0.1) is 0 Å². The molecule has 1 aromatic heterocycles. The van der Waals surface area contributed by atoms with E-state index in [9.17, 15) is 17.6 Å². The van der Waals surface area contributed by atoms with Gasteiger partial charge in [-0.1, -0.05) is 6.07 Å². The van der Waals surface area contributed by atoms with Gasteiger partial charge in [0.05, 0.1) is 17.6 Å². The standard InChI is InChI=1S/C24H26FN3O4S/c1-17-15-23(18(2)28(17)20-7-9-21(32-3)10-8-20)24(29)26-11-13-27(14-12-26)33(30,31)22-6-4-5-19(25)16-22/h4-10,15-16H,11-14H2,1-3H3. The van der Waals surface area contributed by atoms with E-state index in [1.165, 1.54) is 22.5 Å². The van der Waals surface area contributed by atoms with Crippen LogP contribution in [0.4, 0.5) is 4.39 Å². The highest BCUT2D eigenvalue weighted by molar-refractivity contribution is 7.89. The van der Waals surface area contributed by atoms with Crippen LogP contribution in [0.5, 0.6) is 5.75 Å². The first-order chi connectivity index (χ1) is 15.7. The van der Waals surface area contributed by atoms with Gasteiger partial charge in [0, 0.05) is 43.3 Å². The molecule has 2 heterocycles. The van der Waals surface area contributed by atoms with Crippen molar-refractivity contribution in [2.75, 3.05) is 33.3 Å². The molecular weight excluding hydrogens is 445 g/mol. The summed E-state index contributed by atoms with van der Waals surface area (Å²) in [6.45, 7) is 4.68. The fourth-order valence-electron chi connectivity index (χ4n) is 4.19. The summed E-state index contributed by atoms with van der Waals surface area (Å²) in [5.74, 6) is 0.0198. The molecule has 3 aromatic rings. The number of ether oxygens (including phenoxy) is 1. The molecule has 0 atom stereocenters. The number of aryl methyl sites for hydroxylation is 1. The first kappa shape index (κ1) is 23.0. The molecule has 1 aliphatic heterocycles. The summed E-state index contributed by atoms with van der Waals surface area (Å²) in [6, 6.07) is 14.4. The van der Waals surface area contributed by atoms with Gasteiger partial charge < -0.3 is 14.2 Å². The molecule has 4 rings (SSSR count). The molecule has 1 saturated heterocycles. The van der Waals surface area contributed by atoms with Crippen molar-refractivity contribution in [2.45, 2.75) is 18.7 Å². The molecule has 9 heteroatoms. The minimum Gasteiger partial charge on any atom is -0.497 e. The Hall–Kier alpha value is -3.17. The summed E-state index contributed by atoms with van der Waals surface area (Å²) in [5.41, 5.74) is 3.26. The maximum absolute atomic E-state index is 13.5. The number of nitrogens with zero attached hydrogens (tertiary/aromatic N) is 3. The molecule has 0 saturated carbocycles. The van der Waals surface area contributed by atoms with E-state index >= 15 is 0 Å². The lowest BCUT2D eigenvalue weighted by molar-refractivity contribution is 0.0697. The van der Waals surface area contributed by atoms with Crippen LogP contribution >= 0.6 is 0 Å². The Kier molecular flexibility index (Phi) is 6.27. The van der Waals surface area contributed by atoms with Gasteiger partial charge in [0.1, 0.15) is 11.6 Å². The number of sulfonamides is 1. The van der Waals surface area contributed by atoms with E-state index in [0.29, 0.717) is 5.56 Å². The molecular formula is C24H26FN3O4S. The predicted molar refractivity (Wildman–Crippen MR) is 123 cm³/mol. The van der Waals surface area contributed by atoms with Gasteiger partial charge in [-0.05, 0) is 62.4 Å². The summed E-state index contributed by atoms with van der Waals surface area (Å²) in [5, 5.41) is 0. The number of carbonyl (C=O) groups excluding carboxylic acids is 1. The Balaban J connectivity index is 1.50. The molecule has 0 aliphatic carbocycles. The van der Waals surface area contributed by atoms with Gasteiger partial charge in [-0.2, -0.15) is 4.31 Å². The summed E-state index contributed by atoms with van der Waals surface area (Å²) in [4.78, 5) is 14.8. The molecule has 1 amide bonds. The van der Waals surface area contributed by atoms with Crippen molar-refractivity contribution in [3.63, 3.8) is 0 Å². The summed E-state index contributed by atoms with van der Waals surface area (Å²) in [7, 11) is -2.20. The Morgan fingerprint density at radius 3 is 2.24 bits per heavy atom. The molecule has 174 valence electrons. The average molecular weight is 472 g/mol. The van der Waals surface area contributed by atoms with Gasteiger partial charge in [-0.3, -0.25) is 4.79 Å². The van der Waals surface area contributed by atoms with Crippen LogP contribution < -0.4 is 4.74 Å². The quantitative estimate of drug-likeness (QED) is 0.572. The largest absolute Gasteiger partial charge is 0.497 e. The highest BCUT2D eigenvalue weighted by Gasteiger charge is 2.31. The number of hydrogen-bond donors (Lipinski definition) is 0. The summed E-state index contributed by atoms with van der Waals surface area (Å²) < 4.78 is 47.7. The highest BCUT2D eigenvalue weighted by Crippen LogP contribution is 2.25. The van der Waals surface area contributed by atoms with Crippen LogP contribution in [-0.4, -0.2) is 61.4 Å². The number of methoxy groups -OCH3 is 1. The third kappa shape index (κ3) is 4.38. The second kappa shape index (κ2) is 8.99. The van der Waals surface area contributed by atoms with Crippen LogP contribution in [0.15, 0.2) is 59.5 Å². The zero-order chi connectivity index (χ0) is 23.8. The van der Waals surface area contributed by atoms with Crippen molar-refractivity contribution in [3.8, 4) is 11.4 Å². The van der Waals surface area contributed by atoms with E-state index in [2.05, 4.69) is 0 Å². The monoisotopic (exact) mass is 471 g/mol. The van der Waals surface area contributed by atoms with Gasteiger partial charge in [-0.25, -0.2) is 12.8 Å². The summed E-state index contributed by atoms with van der Waals surface area (Å²) in [6.07, 6.45) is 0. The zero-order valence-electron chi connectivity index (χ0n) is 18.8. The zero-order valence-corrected chi connectivity index (χ0v) is 19.6. The number of aromatic nitrogens is 1. The fraction of sp³-hybridized carbons (Fsp3) is 0.292. The van der Waals surface area contributed by atoms with Gasteiger partial charge in [0.2, 0.25) is 10.0 Å². The highest BCUT2D eigenvalue weighted by atomic mass is 32.2. The maximum Gasteiger partial charge on any atom is 0.255 e. The second-order valence-corrected chi connectivity index (χ2v) is 9.91. The van der Waals surface area contributed by atoms with Crippen LogP contribution in [0, 0.1) is 19.7 Å².